The molecule has 9 heteroatoms. The summed E-state index contributed by atoms with van der Waals surface area (Å²) < 4.78 is 0. The monoisotopic (exact) mass is 771 g/mol. The minimum absolute atomic E-state index is 0.803. The molecule has 0 N–H and O–H groups in total. The van der Waals surface area contributed by atoms with E-state index in [0.29, 0.717) is 0 Å². The molecule has 0 spiro atoms. The van der Waals surface area contributed by atoms with Crippen molar-refractivity contribution in [1.29, 1.82) is 0 Å². The number of benzene rings is 1. The molecule has 0 atom stereocenters. The molecule has 0 fully saturated rings. The second kappa shape index (κ2) is 16.2. The van der Waals surface area contributed by atoms with Crippen LogP contribution in [0.2, 0.25) is 0 Å². The first-order valence-corrected chi connectivity index (χ1v) is 19.4. The first kappa shape index (κ1) is 35.9. The Morgan fingerprint density at radius 1 is 0.200 bits per heavy atom. The Balaban J connectivity index is 1.03. The summed E-state index contributed by atoms with van der Waals surface area (Å²) in [6.07, 6.45) is 10.8. The van der Waals surface area contributed by atoms with E-state index in [1.807, 2.05) is 164 Å². The molecule has 1 aromatic carbocycles. The van der Waals surface area contributed by atoms with Gasteiger partial charge < -0.3 is 0 Å². The molecule has 0 aliphatic carbocycles. The van der Waals surface area contributed by atoms with Crippen LogP contribution < -0.4 is 0 Å². The summed E-state index contributed by atoms with van der Waals surface area (Å²) in [4.78, 5) is 42.9. The Kier molecular flexibility index (Phi) is 9.71. The maximum absolute atomic E-state index is 5.16. The Labute approximate surface area is 346 Å². The Bertz CT molecular complexity index is 2710. The summed E-state index contributed by atoms with van der Waals surface area (Å²) >= 11 is 0. The highest BCUT2D eigenvalue weighted by molar-refractivity contribution is 5.80. The van der Waals surface area contributed by atoms with Crippen molar-refractivity contribution in [3.63, 3.8) is 0 Å². The minimum atomic E-state index is 0.803. The van der Waals surface area contributed by atoms with Gasteiger partial charge in [-0.3, -0.25) is 29.9 Å². The van der Waals surface area contributed by atoms with Gasteiger partial charge in [-0.05, 0) is 127 Å². The van der Waals surface area contributed by atoms with Crippen LogP contribution >= 0.6 is 0 Å². The molecule has 0 aliphatic rings. The van der Waals surface area contributed by atoms with Crippen LogP contribution in [-0.2, 0) is 0 Å². The van der Waals surface area contributed by atoms with Gasteiger partial charge in [-0.1, -0.05) is 36.4 Å². The van der Waals surface area contributed by atoms with E-state index in [4.69, 9.17) is 29.9 Å². The summed E-state index contributed by atoms with van der Waals surface area (Å²) in [7, 11) is 0. The van der Waals surface area contributed by atoms with Gasteiger partial charge in [0.15, 0.2) is 0 Å². The van der Waals surface area contributed by atoms with Crippen molar-refractivity contribution in [2.75, 3.05) is 0 Å². The number of aromatic nitrogens is 9. The molecule has 0 unspecified atom stereocenters. The van der Waals surface area contributed by atoms with Gasteiger partial charge in [-0.15, -0.1) is 0 Å². The number of pyridine rings is 9. The lowest BCUT2D eigenvalue weighted by molar-refractivity contribution is 1.23. The van der Waals surface area contributed by atoms with Crippen molar-refractivity contribution in [1.82, 2.24) is 44.9 Å². The highest BCUT2D eigenvalue weighted by atomic mass is 14.8. The van der Waals surface area contributed by atoms with E-state index < -0.39 is 0 Å². The van der Waals surface area contributed by atoms with Gasteiger partial charge in [-0.25, -0.2) is 15.0 Å². The molecule has 10 rings (SSSR count). The fourth-order valence-electron chi connectivity index (χ4n) is 6.97. The van der Waals surface area contributed by atoms with Crippen LogP contribution in [0, 0.1) is 0 Å². The van der Waals surface area contributed by atoms with Gasteiger partial charge >= 0.3 is 0 Å². The second-order valence-corrected chi connectivity index (χ2v) is 14.0. The van der Waals surface area contributed by atoms with E-state index >= 15 is 0 Å². The maximum atomic E-state index is 5.16. The van der Waals surface area contributed by atoms with Crippen molar-refractivity contribution in [3.05, 3.63) is 201 Å². The third-order valence-corrected chi connectivity index (χ3v) is 10.0. The summed E-state index contributed by atoms with van der Waals surface area (Å²) in [5.41, 5.74) is 15.2. The van der Waals surface area contributed by atoms with Crippen molar-refractivity contribution in [3.8, 4) is 102 Å². The molecule has 0 saturated carbocycles. The third-order valence-electron chi connectivity index (χ3n) is 10.0. The van der Waals surface area contributed by atoms with Gasteiger partial charge in [-0.2, -0.15) is 0 Å². The predicted molar refractivity (Wildman–Crippen MR) is 236 cm³/mol. The van der Waals surface area contributed by atoms with Crippen molar-refractivity contribution in [2.24, 2.45) is 0 Å². The summed E-state index contributed by atoms with van der Waals surface area (Å²) in [6.45, 7) is 0. The SMILES string of the molecule is c1ccc(-c2ccc(-c3cccc(-c4cc(-c5cccc(-c6ccc(-c7ccccn7)nc6)n5)cc(-c5cccc(-c6ccc(-c7ccccn7)nc6)n5)c4)n3)cn2)nc1. The van der Waals surface area contributed by atoms with Crippen LogP contribution in [-0.4, -0.2) is 44.9 Å². The lowest BCUT2D eigenvalue weighted by Crippen LogP contribution is -1.95. The van der Waals surface area contributed by atoms with Gasteiger partial charge in [0.1, 0.15) is 0 Å². The third kappa shape index (κ3) is 7.66. The van der Waals surface area contributed by atoms with E-state index in [2.05, 4.69) is 33.2 Å². The van der Waals surface area contributed by atoms with Gasteiger partial charge in [0.2, 0.25) is 0 Å². The van der Waals surface area contributed by atoms with Crippen LogP contribution in [0.4, 0.5) is 0 Å². The molecule has 9 nitrogen and oxygen atoms in total. The van der Waals surface area contributed by atoms with Crippen LogP contribution in [0.25, 0.3) is 102 Å². The van der Waals surface area contributed by atoms with E-state index in [9.17, 15) is 0 Å². The van der Waals surface area contributed by atoms with Crippen molar-refractivity contribution < 1.29 is 0 Å². The molecule has 0 amide bonds. The smallest absolute Gasteiger partial charge is 0.0886 e. The fourth-order valence-corrected chi connectivity index (χ4v) is 6.97. The first-order valence-electron chi connectivity index (χ1n) is 19.4. The van der Waals surface area contributed by atoms with Crippen LogP contribution in [0.15, 0.2) is 201 Å². The van der Waals surface area contributed by atoms with E-state index in [-0.39, 0.29) is 0 Å². The summed E-state index contributed by atoms with van der Waals surface area (Å²) in [6, 6.07) is 54.0. The highest BCUT2D eigenvalue weighted by Gasteiger charge is 2.14. The standard InChI is InChI=1S/C51H33N9/c1-4-25-52-46(10-1)49-22-19-34(31-55-49)40-13-7-16-43(58-40)37-28-38(44-17-8-14-41(59-44)35-20-23-50(56-32-35)47-11-2-5-26-53-47)30-39(29-37)45-18-9-15-42(60-45)36-21-24-51(57-33-36)48-12-3-6-27-54-48/h1-33H. The summed E-state index contributed by atoms with van der Waals surface area (Å²) in [5, 5.41) is 0. The van der Waals surface area contributed by atoms with Crippen molar-refractivity contribution in [2.45, 2.75) is 0 Å². The Hall–Kier alpha value is -8.43. The fraction of sp³-hybridized carbons (Fsp3) is 0. The largest absolute Gasteiger partial charge is 0.255 e. The van der Waals surface area contributed by atoms with E-state index in [1.165, 1.54) is 0 Å². The average Bonchev–Trinajstić information content (AvgIpc) is 3.35. The predicted octanol–water partition coefficient (Wildman–Crippen LogP) is 11.2. The topological polar surface area (TPSA) is 116 Å². The molecule has 60 heavy (non-hydrogen) atoms. The number of hydrogen-bond donors (Lipinski definition) is 0. The molecule has 0 bridgehead atoms. The molecule has 0 saturated heterocycles. The molecule has 0 aliphatic heterocycles. The highest BCUT2D eigenvalue weighted by Crippen LogP contribution is 2.34. The minimum Gasteiger partial charge on any atom is -0.255 e. The molecule has 0 radical (unpaired) electrons. The molecule has 9 heterocycles. The van der Waals surface area contributed by atoms with Gasteiger partial charge in [0.25, 0.3) is 0 Å². The molecular formula is C51H33N9. The molecular weight excluding hydrogens is 739 g/mol. The first-order chi connectivity index (χ1) is 29.7. The van der Waals surface area contributed by atoms with Crippen molar-refractivity contribution >= 4 is 0 Å². The zero-order valence-electron chi connectivity index (χ0n) is 32.1. The van der Waals surface area contributed by atoms with Crippen LogP contribution in [0.5, 0.6) is 0 Å². The van der Waals surface area contributed by atoms with Crippen LogP contribution in [0.3, 0.4) is 0 Å². The maximum Gasteiger partial charge on any atom is 0.0886 e. The number of hydrogen-bond acceptors (Lipinski definition) is 9. The average molecular weight is 772 g/mol. The zero-order chi connectivity index (χ0) is 40.1. The Morgan fingerprint density at radius 3 is 0.717 bits per heavy atom. The van der Waals surface area contributed by atoms with Gasteiger partial charge in [0.05, 0.1) is 68.3 Å². The molecule has 282 valence electrons. The molecule has 9 aromatic heterocycles. The van der Waals surface area contributed by atoms with E-state index in [0.717, 1.165) is 102 Å². The number of rotatable bonds is 9. The quantitative estimate of drug-likeness (QED) is 0.141. The Morgan fingerprint density at radius 2 is 0.467 bits per heavy atom. The van der Waals surface area contributed by atoms with Gasteiger partial charge in [0, 0.05) is 70.6 Å². The molecule has 10 aromatic rings. The number of nitrogens with zero attached hydrogens (tertiary/aromatic N) is 9. The second-order valence-electron chi connectivity index (χ2n) is 14.0. The van der Waals surface area contributed by atoms with E-state index in [1.54, 1.807) is 18.6 Å². The summed E-state index contributed by atoms with van der Waals surface area (Å²) in [5.74, 6) is 0. The van der Waals surface area contributed by atoms with Crippen LogP contribution in [0.1, 0.15) is 0 Å². The normalized spacial score (nSPS) is 11.0. The zero-order valence-corrected chi connectivity index (χ0v) is 32.1. The lowest BCUT2D eigenvalue weighted by Gasteiger charge is -2.13. The lowest BCUT2D eigenvalue weighted by atomic mass is 9.98.